The molecule has 0 bridgehead atoms. The van der Waals surface area contributed by atoms with E-state index in [1.165, 1.54) is 44.9 Å². The Kier molecular flexibility index (Phi) is 4.58. The van der Waals surface area contributed by atoms with Gasteiger partial charge in [0.1, 0.15) is 24.0 Å². The molecule has 5 aromatic rings. The van der Waals surface area contributed by atoms with Crippen LogP contribution in [0.4, 0.5) is 4.39 Å². The lowest BCUT2D eigenvalue weighted by molar-refractivity contribution is -0.633. The lowest BCUT2D eigenvalue weighted by Crippen LogP contribution is -2.45. The Morgan fingerprint density at radius 3 is 2.31 bits per heavy atom. The Hall–Kier alpha value is -2.98. The number of aromatic nitrogens is 1. The maximum atomic E-state index is 13.9. The quantitative estimate of drug-likeness (QED) is 0.216. The van der Waals surface area contributed by atoms with Crippen molar-refractivity contribution in [1.29, 1.82) is 0 Å². The van der Waals surface area contributed by atoms with E-state index in [2.05, 4.69) is 82.4 Å². The molecule has 32 heavy (non-hydrogen) atoms. The first-order valence-electron chi connectivity index (χ1n) is 11.1. The molecular formula is C28H29FNOSi+. The van der Waals surface area contributed by atoms with E-state index in [0.717, 1.165) is 27.6 Å². The summed E-state index contributed by atoms with van der Waals surface area (Å²) in [4.78, 5) is 0. The number of para-hydroxylation sites is 1. The molecule has 0 aliphatic heterocycles. The fourth-order valence-electron chi connectivity index (χ4n) is 4.99. The van der Waals surface area contributed by atoms with Gasteiger partial charge in [-0.15, -0.1) is 0 Å². The predicted molar refractivity (Wildman–Crippen MR) is 135 cm³/mol. The Morgan fingerprint density at radius 1 is 0.844 bits per heavy atom. The van der Waals surface area contributed by atoms with Gasteiger partial charge in [-0.3, -0.25) is 0 Å². The van der Waals surface area contributed by atoms with Gasteiger partial charge >= 0.3 is 0 Å². The maximum Gasteiger partial charge on any atom is 0.217 e. The highest BCUT2D eigenvalue weighted by Gasteiger charge is 2.29. The van der Waals surface area contributed by atoms with Crippen molar-refractivity contribution in [1.82, 2.24) is 0 Å². The monoisotopic (exact) mass is 442 g/mol. The Bertz CT molecular complexity index is 1560. The Labute approximate surface area is 189 Å². The summed E-state index contributed by atoms with van der Waals surface area (Å²) in [7, 11) is 0.591. The van der Waals surface area contributed by atoms with Crippen molar-refractivity contribution < 1.29 is 13.4 Å². The normalized spacial score (nSPS) is 12.4. The predicted octanol–water partition coefficient (Wildman–Crippen LogP) is 6.84. The molecule has 0 saturated carbocycles. The largest absolute Gasteiger partial charge is 0.455 e. The number of hydrogen-bond acceptors (Lipinski definition) is 1. The molecule has 0 aliphatic rings. The van der Waals surface area contributed by atoms with Crippen LogP contribution in [0, 0.1) is 26.6 Å². The summed E-state index contributed by atoms with van der Waals surface area (Å²) >= 11 is 0. The summed E-state index contributed by atoms with van der Waals surface area (Å²) in [6.45, 7) is 13.7. The van der Waals surface area contributed by atoms with Crippen LogP contribution in [0.5, 0.6) is 0 Å². The summed E-state index contributed by atoms with van der Waals surface area (Å²) in [6.07, 6.45) is 0. The molecule has 4 heteroatoms. The van der Waals surface area contributed by atoms with Gasteiger partial charge in [0.2, 0.25) is 11.2 Å². The van der Waals surface area contributed by atoms with Gasteiger partial charge in [0, 0.05) is 33.5 Å². The van der Waals surface area contributed by atoms with Gasteiger partial charge in [-0.1, -0.05) is 31.8 Å². The van der Waals surface area contributed by atoms with E-state index in [-0.39, 0.29) is 5.82 Å². The summed E-state index contributed by atoms with van der Waals surface area (Å²) in [5.74, 6) is -0.279. The average Bonchev–Trinajstić information content (AvgIpc) is 3.07. The van der Waals surface area contributed by atoms with Gasteiger partial charge in [0.15, 0.2) is 0 Å². The highest BCUT2D eigenvalue weighted by atomic mass is 28.3. The fraction of sp³-hybridized carbons (Fsp3) is 0.250. The third-order valence-corrected chi connectivity index (χ3v) is 8.84. The number of halogens is 1. The lowest BCUT2D eigenvalue weighted by Gasteiger charge is -2.19. The van der Waals surface area contributed by atoms with Crippen LogP contribution in [0.15, 0.2) is 52.9 Å². The molecule has 0 amide bonds. The standard InChI is InChI=1S/C28H29FNOSi/c1-16-13-22-21-12-11-19(29)15-24(21)31-28(22)26(18(16)3)23-14-17(2)20-9-8-10-25(32(5,6)7)27(20)30(23)4/h8-15H,1-7H3/q+1. The second-order valence-corrected chi connectivity index (χ2v) is 15.1. The first-order valence-corrected chi connectivity index (χ1v) is 14.6. The number of furan rings is 1. The third-order valence-electron chi connectivity index (χ3n) is 6.82. The van der Waals surface area contributed by atoms with Crippen molar-refractivity contribution in [3.63, 3.8) is 0 Å². The fourth-order valence-corrected chi connectivity index (χ4v) is 6.60. The number of nitrogens with zero attached hydrogens (tertiary/aromatic N) is 1. The molecule has 0 atom stereocenters. The zero-order chi connectivity index (χ0) is 22.9. The Balaban J connectivity index is 1.96. The van der Waals surface area contributed by atoms with Crippen LogP contribution in [0.2, 0.25) is 19.6 Å². The number of fused-ring (bicyclic) bond motifs is 4. The van der Waals surface area contributed by atoms with Gasteiger partial charge in [-0.25, -0.2) is 4.39 Å². The maximum absolute atomic E-state index is 13.9. The van der Waals surface area contributed by atoms with Crippen LogP contribution in [-0.2, 0) is 7.05 Å². The summed E-state index contributed by atoms with van der Waals surface area (Å²) < 4.78 is 22.6. The first-order chi connectivity index (χ1) is 15.1. The number of pyridine rings is 1. The summed E-state index contributed by atoms with van der Waals surface area (Å²) in [5.41, 5.74) is 8.60. The van der Waals surface area contributed by atoms with E-state index in [4.69, 9.17) is 4.42 Å². The molecule has 2 nitrogen and oxygen atoms in total. The van der Waals surface area contributed by atoms with E-state index in [1.807, 2.05) is 6.07 Å². The molecule has 0 radical (unpaired) electrons. The van der Waals surface area contributed by atoms with Crippen molar-refractivity contribution >= 4 is 46.1 Å². The van der Waals surface area contributed by atoms with Crippen LogP contribution >= 0.6 is 0 Å². The smallest absolute Gasteiger partial charge is 0.217 e. The van der Waals surface area contributed by atoms with Crippen LogP contribution in [0.3, 0.4) is 0 Å². The van der Waals surface area contributed by atoms with Crippen molar-refractivity contribution in [2.75, 3.05) is 0 Å². The van der Waals surface area contributed by atoms with E-state index < -0.39 is 8.07 Å². The molecular weight excluding hydrogens is 413 g/mol. The molecule has 0 fully saturated rings. The van der Waals surface area contributed by atoms with E-state index in [9.17, 15) is 4.39 Å². The molecule has 3 aromatic carbocycles. The topological polar surface area (TPSA) is 17.0 Å². The number of benzene rings is 3. The van der Waals surface area contributed by atoms with E-state index in [0.29, 0.717) is 5.58 Å². The van der Waals surface area contributed by atoms with Crippen molar-refractivity contribution in [2.24, 2.45) is 7.05 Å². The highest BCUT2D eigenvalue weighted by Crippen LogP contribution is 2.39. The van der Waals surface area contributed by atoms with Crippen molar-refractivity contribution in [3.8, 4) is 11.3 Å². The van der Waals surface area contributed by atoms with Gasteiger partial charge in [0.05, 0.1) is 13.6 Å². The van der Waals surface area contributed by atoms with E-state index in [1.54, 1.807) is 0 Å². The summed E-state index contributed by atoms with van der Waals surface area (Å²) in [5, 5.41) is 4.74. The number of hydrogen-bond donors (Lipinski definition) is 0. The number of rotatable bonds is 2. The zero-order valence-electron chi connectivity index (χ0n) is 19.9. The molecule has 162 valence electrons. The van der Waals surface area contributed by atoms with Gasteiger partial charge in [0.25, 0.3) is 0 Å². The van der Waals surface area contributed by atoms with Gasteiger partial charge in [-0.2, -0.15) is 4.57 Å². The second-order valence-electron chi connectivity index (χ2n) is 10.0. The third kappa shape index (κ3) is 3.00. The van der Waals surface area contributed by atoms with Gasteiger partial charge < -0.3 is 4.42 Å². The zero-order valence-corrected chi connectivity index (χ0v) is 20.9. The molecule has 0 aliphatic carbocycles. The van der Waals surface area contributed by atoms with Crippen LogP contribution in [0.25, 0.3) is 44.1 Å². The molecule has 0 unspecified atom stereocenters. The van der Waals surface area contributed by atoms with Crippen molar-refractivity contribution in [2.45, 2.75) is 40.4 Å². The molecule has 2 heterocycles. The van der Waals surface area contributed by atoms with Crippen LogP contribution < -0.4 is 9.75 Å². The lowest BCUT2D eigenvalue weighted by atomic mass is 9.95. The van der Waals surface area contributed by atoms with Crippen molar-refractivity contribution in [3.05, 3.63) is 71.0 Å². The minimum absolute atomic E-state index is 0.279. The highest BCUT2D eigenvalue weighted by molar-refractivity contribution is 6.90. The average molecular weight is 443 g/mol. The molecule has 5 rings (SSSR count). The minimum Gasteiger partial charge on any atom is -0.455 e. The van der Waals surface area contributed by atoms with Gasteiger partial charge in [-0.05, 0) is 61.7 Å². The first kappa shape index (κ1) is 20.9. The molecule has 0 spiro atoms. The Morgan fingerprint density at radius 2 is 1.59 bits per heavy atom. The SMILES string of the molecule is Cc1cc2c(oc3cc(F)ccc32)c(-c2cc(C)c3cccc([Si](C)(C)C)c3[n+]2C)c1C. The summed E-state index contributed by atoms with van der Waals surface area (Å²) in [6, 6.07) is 16.0. The molecule has 2 aromatic heterocycles. The number of aryl methyl sites for hydroxylation is 3. The van der Waals surface area contributed by atoms with Crippen LogP contribution in [0.1, 0.15) is 16.7 Å². The molecule has 0 saturated heterocycles. The second kappa shape index (κ2) is 7.01. The minimum atomic E-state index is -1.57. The van der Waals surface area contributed by atoms with Crippen LogP contribution in [-0.4, -0.2) is 8.07 Å². The molecule has 0 N–H and O–H groups in total. The van der Waals surface area contributed by atoms with E-state index >= 15 is 0 Å².